The van der Waals surface area contributed by atoms with Gasteiger partial charge in [0.05, 0.1) is 28.0 Å². The number of nitrogens with two attached hydrogens (primary N) is 1. The number of aromatic nitrogens is 2. The molecule has 0 radical (unpaired) electrons. The van der Waals surface area contributed by atoms with Gasteiger partial charge in [0.1, 0.15) is 0 Å². The molecule has 108 valence electrons. The fourth-order valence-electron chi connectivity index (χ4n) is 2.00. The fourth-order valence-corrected chi connectivity index (χ4v) is 2.54. The summed E-state index contributed by atoms with van der Waals surface area (Å²) in [5.74, 6) is 0. The molecular weight excluding hydrogens is 335 g/mol. The maximum atomic E-state index is 12.7. The van der Waals surface area contributed by atoms with Crippen LogP contribution in [0.3, 0.4) is 0 Å². The largest absolute Gasteiger partial charge is 0.416 e. The first-order chi connectivity index (χ1) is 9.34. The lowest BCUT2D eigenvalue weighted by molar-refractivity contribution is -0.137. The molecular formula is C13H13BrF3N3. The highest BCUT2D eigenvalue weighted by atomic mass is 79.9. The minimum atomic E-state index is -4.38. The molecule has 20 heavy (non-hydrogen) atoms. The van der Waals surface area contributed by atoms with Crippen molar-refractivity contribution in [2.45, 2.75) is 25.7 Å². The molecule has 3 nitrogen and oxygen atoms in total. The normalized spacial score (nSPS) is 13.5. The molecule has 0 aliphatic carbocycles. The summed E-state index contributed by atoms with van der Waals surface area (Å²) in [5, 5.41) is 4.12. The third-order valence-corrected chi connectivity index (χ3v) is 3.61. The number of rotatable bonds is 3. The van der Waals surface area contributed by atoms with Gasteiger partial charge in [-0.2, -0.15) is 18.3 Å². The van der Waals surface area contributed by atoms with Crippen molar-refractivity contribution in [1.82, 2.24) is 9.78 Å². The van der Waals surface area contributed by atoms with E-state index in [0.717, 1.165) is 12.1 Å². The fraction of sp³-hybridized carbons (Fsp3) is 0.308. The van der Waals surface area contributed by atoms with Gasteiger partial charge >= 0.3 is 6.18 Å². The Morgan fingerprint density at radius 2 is 2.10 bits per heavy atom. The Morgan fingerprint density at radius 1 is 1.40 bits per heavy atom. The maximum Gasteiger partial charge on any atom is 0.416 e. The van der Waals surface area contributed by atoms with E-state index in [1.807, 2.05) is 6.92 Å². The van der Waals surface area contributed by atoms with Gasteiger partial charge in [0.25, 0.3) is 0 Å². The number of benzene rings is 1. The molecule has 1 aromatic heterocycles. The van der Waals surface area contributed by atoms with Crippen LogP contribution < -0.4 is 5.73 Å². The van der Waals surface area contributed by atoms with Crippen molar-refractivity contribution in [3.63, 3.8) is 0 Å². The summed E-state index contributed by atoms with van der Waals surface area (Å²) in [7, 11) is 0. The standard InChI is InChI=1S/C13H13BrF3N3/c1-2-20-12(10(14)7-19-20)11(18)8-4-3-5-9(6-8)13(15,16)17/h3-7,11H,2,18H2,1H3. The Bertz CT molecular complexity index is 607. The zero-order valence-electron chi connectivity index (χ0n) is 10.7. The van der Waals surface area contributed by atoms with Crippen LogP contribution in [0.2, 0.25) is 0 Å². The van der Waals surface area contributed by atoms with Crippen LogP contribution in [0.15, 0.2) is 34.9 Å². The molecule has 0 spiro atoms. The van der Waals surface area contributed by atoms with Crippen LogP contribution in [0.1, 0.15) is 29.8 Å². The SMILES string of the molecule is CCn1ncc(Br)c1C(N)c1cccc(C(F)(F)F)c1. The van der Waals surface area contributed by atoms with Crippen LogP contribution in [0, 0.1) is 0 Å². The van der Waals surface area contributed by atoms with E-state index in [0.29, 0.717) is 22.3 Å². The van der Waals surface area contributed by atoms with Gasteiger partial charge in [-0.25, -0.2) is 0 Å². The summed E-state index contributed by atoms with van der Waals surface area (Å²) in [4.78, 5) is 0. The number of alkyl halides is 3. The Kier molecular flexibility index (Phi) is 4.19. The first-order valence-electron chi connectivity index (χ1n) is 5.98. The van der Waals surface area contributed by atoms with Crippen molar-refractivity contribution in [2.75, 3.05) is 0 Å². The number of hydrogen-bond acceptors (Lipinski definition) is 2. The molecule has 2 N–H and O–H groups in total. The molecule has 0 aliphatic rings. The van der Waals surface area contributed by atoms with Gasteiger partial charge in [0.15, 0.2) is 0 Å². The predicted molar refractivity (Wildman–Crippen MR) is 73.1 cm³/mol. The first kappa shape index (κ1) is 15.1. The molecule has 0 bridgehead atoms. The zero-order chi connectivity index (χ0) is 14.9. The summed E-state index contributed by atoms with van der Waals surface area (Å²) in [6.07, 6.45) is -2.79. The summed E-state index contributed by atoms with van der Waals surface area (Å²) in [6, 6.07) is 4.37. The third-order valence-electron chi connectivity index (χ3n) is 3.00. The van der Waals surface area contributed by atoms with Gasteiger partial charge < -0.3 is 5.73 Å². The van der Waals surface area contributed by atoms with Crippen molar-refractivity contribution < 1.29 is 13.2 Å². The predicted octanol–water partition coefficient (Wildman–Crippen LogP) is 3.73. The van der Waals surface area contributed by atoms with Gasteiger partial charge in [0.2, 0.25) is 0 Å². The van der Waals surface area contributed by atoms with Gasteiger partial charge in [0, 0.05) is 6.54 Å². The molecule has 2 rings (SSSR count). The quantitative estimate of drug-likeness (QED) is 0.919. The molecule has 1 atom stereocenters. The van der Waals surface area contributed by atoms with E-state index < -0.39 is 17.8 Å². The minimum absolute atomic E-state index is 0.399. The van der Waals surface area contributed by atoms with Crippen LogP contribution >= 0.6 is 15.9 Å². The minimum Gasteiger partial charge on any atom is -0.319 e. The average molecular weight is 348 g/mol. The average Bonchev–Trinajstić information content (AvgIpc) is 2.78. The summed E-state index contributed by atoms with van der Waals surface area (Å²) in [5.41, 5.74) is 6.45. The number of hydrogen-bond donors (Lipinski definition) is 1. The first-order valence-corrected chi connectivity index (χ1v) is 6.77. The molecule has 1 unspecified atom stereocenters. The van der Waals surface area contributed by atoms with Gasteiger partial charge in [-0.05, 0) is 40.5 Å². The van der Waals surface area contributed by atoms with Gasteiger partial charge in [-0.1, -0.05) is 12.1 Å². The lowest BCUT2D eigenvalue weighted by Crippen LogP contribution is -2.18. The highest BCUT2D eigenvalue weighted by Gasteiger charge is 2.31. The van der Waals surface area contributed by atoms with Crippen molar-refractivity contribution >= 4 is 15.9 Å². The van der Waals surface area contributed by atoms with Crippen molar-refractivity contribution in [3.8, 4) is 0 Å². The van der Waals surface area contributed by atoms with Gasteiger partial charge in [-0.3, -0.25) is 4.68 Å². The monoisotopic (exact) mass is 347 g/mol. The Balaban J connectivity index is 2.43. The second-order valence-corrected chi connectivity index (χ2v) is 5.15. The molecule has 0 saturated carbocycles. The molecule has 1 aromatic carbocycles. The van der Waals surface area contributed by atoms with Gasteiger partial charge in [-0.15, -0.1) is 0 Å². The molecule has 0 amide bonds. The van der Waals surface area contributed by atoms with E-state index >= 15 is 0 Å². The summed E-state index contributed by atoms with van der Waals surface area (Å²) < 4.78 is 40.5. The van der Waals surface area contributed by atoms with E-state index in [2.05, 4.69) is 21.0 Å². The van der Waals surface area contributed by atoms with Crippen molar-refractivity contribution in [3.05, 3.63) is 51.8 Å². The van der Waals surface area contributed by atoms with Crippen LogP contribution in [-0.4, -0.2) is 9.78 Å². The van der Waals surface area contributed by atoms with E-state index in [1.54, 1.807) is 16.9 Å². The van der Waals surface area contributed by atoms with Crippen LogP contribution in [0.5, 0.6) is 0 Å². The topological polar surface area (TPSA) is 43.8 Å². The molecule has 0 fully saturated rings. The van der Waals surface area contributed by atoms with E-state index in [9.17, 15) is 13.2 Å². The Morgan fingerprint density at radius 3 is 2.70 bits per heavy atom. The second-order valence-electron chi connectivity index (χ2n) is 4.29. The Hall–Kier alpha value is -1.34. The second kappa shape index (κ2) is 5.57. The zero-order valence-corrected chi connectivity index (χ0v) is 12.2. The van der Waals surface area contributed by atoms with Crippen LogP contribution in [-0.2, 0) is 12.7 Å². The van der Waals surface area contributed by atoms with E-state index in [-0.39, 0.29) is 0 Å². The summed E-state index contributed by atoms with van der Waals surface area (Å²) in [6.45, 7) is 2.48. The maximum absolute atomic E-state index is 12.7. The molecule has 2 aromatic rings. The van der Waals surface area contributed by atoms with Crippen molar-refractivity contribution in [2.24, 2.45) is 5.73 Å². The smallest absolute Gasteiger partial charge is 0.319 e. The van der Waals surface area contributed by atoms with E-state index in [1.165, 1.54) is 6.07 Å². The highest BCUT2D eigenvalue weighted by molar-refractivity contribution is 9.10. The van der Waals surface area contributed by atoms with Crippen LogP contribution in [0.25, 0.3) is 0 Å². The lowest BCUT2D eigenvalue weighted by Gasteiger charge is -2.16. The Labute approximate surface area is 122 Å². The number of halogens is 4. The number of nitrogens with zero attached hydrogens (tertiary/aromatic N) is 2. The third kappa shape index (κ3) is 2.88. The van der Waals surface area contributed by atoms with Crippen LogP contribution in [0.4, 0.5) is 13.2 Å². The molecule has 7 heteroatoms. The molecule has 0 aliphatic heterocycles. The molecule has 0 saturated heterocycles. The van der Waals surface area contributed by atoms with E-state index in [4.69, 9.17) is 5.73 Å². The van der Waals surface area contributed by atoms with Crippen molar-refractivity contribution in [1.29, 1.82) is 0 Å². The number of aryl methyl sites for hydroxylation is 1. The summed E-state index contributed by atoms with van der Waals surface area (Å²) >= 11 is 3.33. The lowest BCUT2D eigenvalue weighted by atomic mass is 10.0. The molecule has 1 heterocycles. The highest BCUT2D eigenvalue weighted by Crippen LogP contribution is 2.32.